The summed E-state index contributed by atoms with van der Waals surface area (Å²) in [7, 11) is 0. The highest BCUT2D eigenvalue weighted by Gasteiger charge is 2.30. The molecule has 2 aliphatic heterocycles. The van der Waals surface area contributed by atoms with Crippen LogP contribution in [0.15, 0.2) is 24.4 Å². The van der Waals surface area contributed by atoms with E-state index in [4.69, 9.17) is 0 Å². The van der Waals surface area contributed by atoms with Gasteiger partial charge in [-0.2, -0.15) is 0 Å². The Bertz CT molecular complexity index is 955. The van der Waals surface area contributed by atoms with Crippen LogP contribution in [0.4, 0.5) is 5.69 Å². The number of nitrogens with one attached hydrogen (secondary N) is 3. The molecule has 0 radical (unpaired) electrons. The van der Waals surface area contributed by atoms with Gasteiger partial charge < -0.3 is 25.8 Å². The molecule has 2 aromatic rings. The van der Waals surface area contributed by atoms with Crippen LogP contribution >= 0.6 is 0 Å². The monoisotopic (exact) mass is 381 g/mol. The van der Waals surface area contributed by atoms with Crippen molar-refractivity contribution in [2.75, 3.05) is 25.0 Å². The molecule has 0 bridgehead atoms. The summed E-state index contributed by atoms with van der Waals surface area (Å²) in [5, 5.41) is 25.0. The predicted molar refractivity (Wildman–Crippen MR) is 106 cm³/mol. The number of anilines is 1. The molecular weight excluding hydrogens is 358 g/mol. The van der Waals surface area contributed by atoms with Crippen molar-refractivity contribution in [2.45, 2.75) is 25.2 Å². The lowest BCUT2D eigenvalue weighted by Crippen LogP contribution is -2.27. The number of carbonyl (C=O) groups excluding carboxylic acids is 1. The first kappa shape index (κ1) is 18.5. The fourth-order valence-corrected chi connectivity index (χ4v) is 4.20. The van der Waals surface area contributed by atoms with Crippen molar-refractivity contribution < 1.29 is 19.8 Å². The van der Waals surface area contributed by atoms with Gasteiger partial charge in [-0.05, 0) is 61.5 Å². The molecule has 0 spiro atoms. The first-order valence-electron chi connectivity index (χ1n) is 9.51. The van der Waals surface area contributed by atoms with E-state index in [1.807, 2.05) is 12.1 Å². The third-order valence-electron chi connectivity index (χ3n) is 5.54. The number of carboxylic acid groups (broad SMARTS) is 1. The lowest BCUT2D eigenvalue weighted by molar-refractivity contribution is -0.110. The number of H-pyrrole nitrogens is 1. The van der Waals surface area contributed by atoms with Crippen molar-refractivity contribution in [3.05, 3.63) is 52.3 Å². The molecule has 1 aromatic heterocycles. The van der Waals surface area contributed by atoms with Gasteiger partial charge in [-0.25, -0.2) is 4.79 Å². The quantitative estimate of drug-likeness (QED) is 0.510. The number of aromatic amines is 1. The second kappa shape index (κ2) is 7.61. The Morgan fingerprint density at radius 1 is 1.25 bits per heavy atom. The molecule has 0 unspecified atom stereocenters. The number of aromatic nitrogens is 1. The van der Waals surface area contributed by atoms with Crippen molar-refractivity contribution >= 4 is 29.2 Å². The summed E-state index contributed by atoms with van der Waals surface area (Å²) in [6.45, 7) is 1.74. The Hall–Kier alpha value is -2.90. The highest BCUT2D eigenvalue weighted by Crippen LogP contribution is 2.41. The van der Waals surface area contributed by atoms with Gasteiger partial charge in [-0.15, -0.1) is 0 Å². The summed E-state index contributed by atoms with van der Waals surface area (Å²) in [6, 6.07) is 5.94. The number of aliphatic hydroxyl groups excluding tert-OH is 1. The summed E-state index contributed by atoms with van der Waals surface area (Å²) in [5.74, 6) is -0.878. The summed E-state index contributed by atoms with van der Waals surface area (Å²) in [6.07, 6.45) is 5.35. The molecule has 146 valence electrons. The van der Waals surface area contributed by atoms with Crippen molar-refractivity contribution in [1.82, 2.24) is 10.3 Å². The van der Waals surface area contributed by atoms with E-state index in [2.05, 4.69) is 21.7 Å². The number of hydrogen-bond donors (Lipinski definition) is 5. The third kappa shape index (κ3) is 3.23. The molecule has 5 N–H and O–H groups in total. The second-order valence-corrected chi connectivity index (χ2v) is 7.18. The van der Waals surface area contributed by atoms with Gasteiger partial charge in [-0.3, -0.25) is 4.79 Å². The van der Waals surface area contributed by atoms with Crippen LogP contribution in [-0.2, 0) is 11.2 Å². The number of aliphatic hydroxyl groups is 1. The number of amides is 1. The number of hydrogen-bond acceptors (Lipinski definition) is 4. The number of rotatable bonds is 5. The number of aromatic carboxylic acids is 1. The summed E-state index contributed by atoms with van der Waals surface area (Å²) in [5.41, 5.74) is 4.54. The highest BCUT2D eigenvalue weighted by molar-refractivity contribution is 6.35. The molecule has 0 aliphatic carbocycles. The van der Waals surface area contributed by atoms with E-state index in [0.29, 0.717) is 22.7 Å². The van der Waals surface area contributed by atoms with E-state index < -0.39 is 5.97 Å². The van der Waals surface area contributed by atoms with E-state index in [-0.39, 0.29) is 24.5 Å². The molecule has 0 atom stereocenters. The average molecular weight is 381 g/mol. The van der Waals surface area contributed by atoms with E-state index in [1.165, 1.54) is 6.20 Å². The zero-order valence-corrected chi connectivity index (χ0v) is 15.4. The van der Waals surface area contributed by atoms with Crippen LogP contribution in [0.1, 0.15) is 51.5 Å². The molecule has 4 rings (SSSR count). The van der Waals surface area contributed by atoms with E-state index in [9.17, 15) is 19.8 Å². The normalized spacial score (nSPS) is 18.3. The number of carboxylic acids is 1. The minimum Gasteiger partial charge on any atom is -0.478 e. The van der Waals surface area contributed by atoms with Crippen LogP contribution in [0.25, 0.3) is 11.6 Å². The Balaban J connectivity index is 1.81. The van der Waals surface area contributed by atoms with Crippen molar-refractivity contribution in [3.8, 4) is 0 Å². The number of fused-ring (bicyclic) bond motifs is 1. The molecule has 28 heavy (non-hydrogen) atoms. The highest BCUT2D eigenvalue weighted by atomic mass is 16.4. The molecule has 1 amide bonds. The van der Waals surface area contributed by atoms with E-state index in [0.717, 1.165) is 42.7 Å². The molecule has 3 heterocycles. The van der Waals surface area contributed by atoms with Crippen LogP contribution in [0.3, 0.4) is 0 Å². The smallest absolute Gasteiger partial charge is 0.337 e. The van der Waals surface area contributed by atoms with Crippen LogP contribution in [0.5, 0.6) is 0 Å². The first-order chi connectivity index (χ1) is 13.6. The van der Waals surface area contributed by atoms with Gasteiger partial charge in [0.25, 0.3) is 5.91 Å². The largest absolute Gasteiger partial charge is 0.478 e. The molecule has 1 aromatic carbocycles. The summed E-state index contributed by atoms with van der Waals surface area (Å²) >= 11 is 0. The van der Waals surface area contributed by atoms with Crippen LogP contribution in [0, 0.1) is 0 Å². The van der Waals surface area contributed by atoms with Crippen molar-refractivity contribution in [2.24, 2.45) is 0 Å². The third-order valence-corrected chi connectivity index (χ3v) is 5.54. The van der Waals surface area contributed by atoms with E-state index in [1.54, 1.807) is 6.08 Å². The maximum absolute atomic E-state index is 12.7. The van der Waals surface area contributed by atoms with Gasteiger partial charge in [0.15, 0.2) is 0 Å². The SMILES string of the molecule is O=C1Nc2cccc(C3CCNCC3)c2C1=Cc1[nH]cc(C(=O)O)c1CCO. The molecule has 7 heteroatoms. The van der Waals surface area contributed by atoms with Gasteiger partial charge in [0, 0.05) is 29.7 Å². The second-order valence-electron chi connectivity index (χ2n) is 7.18. The van der Waals surface area contributed by atoms with E-state index >= 15 is 0 Å². The van der Waals surface area contributed by atoms with Gasteiger partial charge >= 0.3 is 5.97 Å². The minimum absolute atomic E-state index is 0.117. The number of benzene rings is 1. The van der Waals surface area contributed by atoms with Crippen LogP contribution in [-0.4, -0.2) is 46.8 Å². The number of piperidine rings is 1. The summed E-state index contributed by atoms with van der Waals surface area (Å²) < 4.78 is 0. The lowest BCUT2D eigenvalue weighted by atomic mass is 9.85. The Morgan fingerprint density at radius 2 is 2.04 bits per heavy atom. The molecule has 2 aliphatic rings. The maximum atomic E-state index is 12.7. The Labute approximate surface area is 162 Å². The van der Waals surface area contributed by atoms with Gasteiger partial charge in [-0.1, -0.05) is 12.1 Å². The van der Waals surface area contributed by atoms with Crippen LogP contribution in [0.2, 0.25) is 0 Å². The zero-order chi connectivity index (χ0) is 19.7. The molecule has 1 saturated heterocycles. The first-order valence-corrected chi connectivity index (χ1v) is 9.51. The Kier molecular flexibility index (Phi) is 5.02. The molecule has 7 nitrogen and oxygen atoms in total. The molecule has 1 fully saturated rings. The van der Waals surface area contributed by atoms with Gasteiger partial charge in [0.05, 0.1) is 11.1 Å². The fraction of sp³-hybridized carbons (Fsp3) is 0.333. The van der Waals surface area contributed by atoms with Crippen LogP contribution < -0.4 is 10.6 Å². The fourth-order valence-electron chi connectivity index (χ4n) is 4.20. The van der Waals surface area contributed by atoms with Crippen molar-refractivity contribution in [1.29, 1.82) is 0 Å². The zero-order valence-electron chi connectivity index (χ0n) is 15.4. The average Bonchev–Trinajstić information content (AvgIpc) is 3.24. The summed E-state index contributed by atoms with van der Waals surface area (Å²) in [4.78, 5) is 27.1. The minimum atomic E-state index is -1.06. The van der Waals surface area contributed by atoms with Gasteiger partial charge in [0.2, 0.25) is 0 Å². The Morgan fingerprint density at radius 3 is 2.75 bits per heavy atom. The van der Waals surface area contributed by atoms with Gasteiger partial charge in [0.1, 0.15) is 0 Å². The standard InChI is InChI=1S/C21H23N3O4/c25-9-6-14-16(21(27)28)11-23-18(14)10-15-19-13(12-4-7-22-8-5-12)2-1-3-17(19)24-20(15)26/h1-3,10-12,22-23,25H,4-9H2,(H,24,26)(H,27,28). The number of carbonyl (C=O) groups is 2. The maximum Gasteiger partial charge on any atom is 0.337 e. The lowest BCUT2D eigenvalue weighted by Gasteiger charge is -2.25. The topological polar surface area (TPSA) is 114 Å². The predicted octanol–water partition coefficient (Wildman–Crippen LogP) is 2.21. The molecule has 0 saturated carbocycles. The van der Waals surface area contributed by atoms with Crippen molar-refractivity contribution in [3.63, 3.8) is 0 Å². The molecular formula is C21H23N3O4.